The van der Waals surface area contributed by atoms with Crippen LogP contribution in [0.15, 0.2) is 36.4 Å². The molecule has 0 fully saturated rings. The highest BCUT2D eigenvalue weighted by Crippen LogP contribution is 2.25. The Morgan fingerprint density at radius 3 is 2.25 bits per heavy atom. The van der Waals surface area contributed by atoms with Crippen LogP contribution in [0.2, 0.25) is 0 Å². The molecule has 0 radical (unpaired) electrons. The van der Waals surface area contributed by atoms with Crippen LogP contribution >= 0.6 is 0 Å². The SMILES string of the molecule is CCc1ccc(-c2cc(C)cc(C(=O)O)c2)cc1CC. The average Bonchev–Trinajstić information content (AvgIpc) is 2.45. The molecule has 0 aliphatic rings. The Hall–Kier alpha value is -2.09. The molecule has 104 valence electrons. The van der Waals surface area contributed by atoms with Crippen molar-refractivity contribution >= 4 is 5.97 Å². The highest BCUT2D eigenvalue weighted by Gasteiger charge is 2.08. The summed E-state index contributed by atoms with van der Waals surface area (Å²) in [5, 5.41) is 9.16. The van der Waals surface area contributed by atoms with E-state index < -0.39 is 5.97 Å². The van der Waals surface area contributed by atoms with Crippen LogP contribution in [0.25, 0.3) is 11.1 Å². The van der Waals surface area contributed by atoms with Gasteiger partial charge < -0.3 is 5.11 Å². The number of rotatable bonds is 4. The molecule has 2 aromatic rings. The smallest absolute Gasteiger partial charge is 0.335 e. The Bertz CT molecular complexity index is 642. The van der Waals surface area contributed by atoms with E-state index in [0.29, 0.717) is 5.56 Å². The number of aryl methyl sites for hydroxylation is 3. The number of benzene rings is 2. The van der Waals surface area contributed by atoms with Gasteiger partial charge in [0.25, 0.3) is 0 Å². The quantitative estimate of drug-likeness (QED) is 0.887. The van der Waals surface area contributed by atoms with Crippen molar-refractivity contribution in [1.29, 1.82) is 0 Å². The zero-order valence-corrected chi connectivity index (χ0v) is 12.2. The van der Waals surface area contributed by atoms with Crippen molar-refractivity contribution in [3.05, 3.63) is 58.7 Å². The molecule has 0 heterocycles. The molecule has 0 saturated heterocycles. The van der Waals surface area contributed by atoms with Crippen molar-refractivity contribution in [3.63, 3.8) is 0 Å². The largest absolute Gasteiger partial charge is 0.478 e. The molecular weight excluding hydrogens is 248 g/mol. The maximum Gasteiger partial charge on any atom is 0.335 e. The van der Waals surface area contributed by atoms with E-state index in [9.17, 15) is 4.79 Å². The summed E-state index contributed by atoms with van der Waals surface area (Å²) in [7, 11) is 0. The van der Waals surface area contributed by atoms with Gasteiger partial charge in [-0.2, -0.15) is 0 Å². The number of carboxylic acid groups (broad SMARTS) is 1. The second kappa shape index (κ2) is 5.91. The fraction of sp³-hybridized carbons (Fsp3) is 0.278. The third-order valence-electron chi connectivity index (χ3n) is 3.63. The second-order valence-electron chi connectivity index (χ2n) is 5.08. The van der Waals surface area contributed by atoms with Crippen molar-refractivity contribution in [1.82, 2.24) is 0 Å². The Morgan fingerprint density at radius 1 is 0.950 bits per heavy atom. The van der Waals surface area contributed by atoms with Gasteiger partial charge in [0.1, 0.15) is 0 Å². The molecule has 0 atom stereocenters. The average molecular weight is 268 g/mol. The van der Waals surface area contributed by atoms with E-state index in [4.69, 9.17) is 5.11 Å². The first kappa shape index (κ1) is 14.3. The Labute approximate surface area is 120 Å². The maximum absolute atomic E-state index is 11.2. The van der Waals surface area contributed by atoms with Crippen LogP contribution < -0.4 is 0 Å². The van der Waals surface area contributed by atoms with Gasteiger partial charge in [0.15, 0.2) is 0 Å². The van der Waals surface area contributed by atoms with Gasteiger partial charge in [0.2, 0.25) is 0 Å². The number of aromatic carboxylic acids is 1. The summed E-state index contributed by atoms with van der Waals surface area (Å²) in [6.45, 7) is 6.23. The topological polar surface area (TPSA) is 37.3 Å². The Morgan fingerprint density at radius 2 is 1.65 bits per heavy atom. The van der Waals surface area contributed by atoms with E-state index in [1.807, 2.05) is 13.0 Å². The van der Waals surface area contributed by atoms with E-state index in [0.717, 1.165) is 29.5 Å². The van der Waals surface area contributed by atoms with E-state index >= 15 is 0 Å². The van der Waals surface area contributed by atoms with Gasteiger partial charge in [0.05, 0.1) is 5.56 Å². The summed E-state index contributed by atoms with van der Waals surface area (Å²) in [4.78, 5) is 11.2. The summed E-state index contributed by atoms with van der Waals surface area (Å²) >= 11 is 0. The van der Waals surface area contributed by atoms with Crippen LogP contribution in [-0.4, -0.2) is 11.1 Å². The van der Waals surface area contributed by atoms with Gasteiger partial charge >= 0.3 is 5.97 Å². The van der Waals surface area contributed by atoms with Crippen molar-refractivity contribution in [3.8, 4) is 11.1 Å². The lowest BCUT2D eigenvalue weighted by Crippen LogP contribution is -1.98. The van der Waals surface area contributed by atoms with Gasteiger partial charge in [-0.25, -0.2) is 4.79 Å². The molecule has 0 saturated carbocycles. The van der Waals surface area contributed by atoms with Crippen molar-refractivity contribution in [2.75, 3.05) is 0 Å². The lowest BCUT2D eigenvalue weighted by Gasteiger charge is -2.10. The molecular formula is C18H20O2. The molecule has 0 aliphatic carbocycles. The number of carbonyl (C=O) groups is 1. The molecule has 0 aliphatic heterocycles. The molecule has 0 unspecified atom stereocenters. The molecule has 20 heavy (non-hydrogen) atoms. The molecule has 1 N–H and O–H groups in total. The summed E-state index contributed by atoms with van der Waals surface area (Å²) in [5.74, 6) is -0.879. The summed E-state index contributed by atoms with van der Waals surface area (Å²) in [6, 6.07) is 11.9. The molecule has 0 spiro atoms. The van der Waals surface area contributed by atoms with Crippen LogP contribution in [-0.2, 0) is 12.8 Å². The number of hydrogen-bond donors (Lipinski definition) is 1. The first-order chi connectivity index (χ1) is 9.55. The molecule has 0 aromatic heterocycles. The van der Waals surface area contributed by atoms with Crippen LogP contribution in [0.3, 0.4) is 0 Å². The second-order valence-corrected chi connectivity index (χ2v) is 5.08. The predicted molar refractivity (Wildman–Crippen MR) is 82.3 cm³/mol. The van der Waals surface area contributed by atoms with Crippen LogP contribution in [0, 0.1) is 6.92 Å². The molecule has 2 nitrogen and oxygen atoms in total. The van der Waals surface area contributed by atoms with Gasteiger partial charge in [-0.3, -0.25) is 0 Å². The minimum absolute atomic E-state index is 0.345. The van der Waals surface area contributed by atoms with E-state index in [1.54, 1.807) is 12.1 Å². The zero-order chi connectivity index (χ0) is 14.7. The highest BCUT2D eigenvalue weighted by atomic mass is 16.4. The van der Waals surface area contributed by atoms with Gasteiger partial charge in [-0.1, -0.05) is 38.1 Å². The number of hydrogen-bond acceptors (Lipinski definition) is 1. The molecule has 0 bridgehead atoms. The lowest BCUT2D eigenvalue weighted by atomic mass is 9.95. The van der Waals surface area contributed by atoms with Crippen LogP contribution in [0.5, 0.6) is 0 Å². The fourth-order valence-electron chi connectivity index (χ4n) is 2.55. The predicted octanol–water partition coefficient (Wildman–Crippen LogP) is 4.49. The summed E-state index contributed by atoms with van der Waals surface area (Å²) < 4.78 is 0. The normalized spacial score (nSPS) is 10.6. The third kappa shape index (κ3) is 2.90. The van der Waals surface area contributed by atoms with E-state index in [-0.39, 0.29) is 0 Å². The van der Waals surface area contributed by atoms with Crippen LogP contribution in [0.4, 0.5) is 0 Å². The Kier molecular flexibility index (Phi) is 4.23. The van der Waals surface area contributed by atoms with Gasteiger partial charge in [-0.15, -0.1) is 0 Å². The fourth-order valence-corrected chi connectivity index (χ4v) is 2.55. The maximum atomic E-state index is 11.2. The monoisotopic (exact) mass is 268 g/mol. The van der Waals surface area contributed by atoms with Gasteiger partial charge in [-0.05, 0) is 59.7 Å². The van der Waals surface area contributed by atoms with E-state index in [1.165, 1.54) is 11.1 Å². The summed E-state index contributed by atoms with van der Waals surface area (Å²) in [6.07, 6.45) is 2.02. The number of carboxylic acids is 1. The van der Waals surface area contributed by atoms with Crippen molar-refractivity contribution in [2.45, 2.75) is 33.6 Å². The van der Waals surface area contributed by atoms with Crippen molar-refractivity contribution < 1.29 is 9.90 Å². The molecule has 2 rings (SSSR count). The molecule has 0 amide bonds. The Balaban J connectivity index is 2.53. The minimum atomic E-state index is -0.879. The molecule has 2 heteroatoms. The zero-order valence-electron chi connectivity index (χ0n) is 12.2. The minimum Gasteiger partial charge on any atom is -0.478 e. The molecule has 2 aromatic carbocycles. The lowest BCUT2D eigenvalue weighted by molar-refractivity contribution is 0.0697. The van der Waals surface area contributed by atoms with Gasteiger partial charge in [0, 0.05) is 0 Å². The first-order valence-electron chi connectivity index (χ1n) is 7.02. The summed E-state index contributed by atoms with van der Waals surface area (Å²) in [5.41, 5.74) is 6.07. The first-order valence-corrected chi connectivity index (χ1v) is 7.02. The standard InChI is InChI=1S/C18H20O2/c1-4-13-6-7-15(10-14(13)5-2)16-8-12(3)9-17(11-16)18(19)20/h6-11H,4-5H2,1-3H3,(H,19,20). The van der Waals surface area contributed by atoms with Crippen LogP contribution in [0.1, 0.15) is 40.9 Å². The van der Waals surface area contributed by atoms with E-state index in [2.05, 4.69) is 32.0 Å². The third-order valence-corrected chi connectivity index (χ3v) is 3.63. The van der Waals surface area contributed by atoms with Crippen molar-refractivity contribution in [2.24, 2.45) is 0 Å². The highest BCUT2D eigenvalue weighted by molar-refractivity contribution is 5.89.